The van der Waals surface area contributed by atoms with Crippen molar-refractivity contribution in [2.24, 2.45) is 7.05 Å². The molecule has 0 saturated heterocycles. The summed E-state index contributed by atoms with van der Waals surface area (Å²) in [5.74, 6) is -0.109. The average Bonchev–Trinajstić information content (AvgIpc) is 2.87. The van der Waals surface area contributed by atoms with Gasteiger partial charge in [-0.2, -0.15) is 0 Å². The zero-order valence-corrected chi connectivity index (χ0v) is 13.0. The maximum Gasteiger partial charge on any atom is 0.309 e. The highest BCUT2D eigenvalue weighted by atomic mass is 79.9. The number of imidazole rings is 2. The summed E-state index contributed by atoms with van der Waals surface area (Å²) in [6, 6.07) is 4.08. The van der Waals surface area contributed by atoms with E-state index in [1.807, 2.05) is 22.1 Å². The molecule has 3 rings (SSSR count). The average molecular weight is 336 g/mol. The van der Waals surface area contributed by atoms with E-state index in [-0.39, 0.29) is 6.42 Å². The van der Waals surface area contributed by atoms with Gasteiger partial charge in [0, 0.05) is 7.05 Å². The molecular formula is C14H14BrN3O2. The van der Waals surface area contributed by atoms with Gasteiger partial charge in [-0.05, 0) is 47.0 Å². The van der Waals surface area contributed by atoms with Crippen molar-refractivity contribution >= 4 is 38.7 Å². The Kier molecular flexibility index (Phi) is 2.86. The van der Waals surface area contributed by atoms with E-state index in [0.717, 1.165) is 27.0 Å². The van der Waals surface area contributed by atoms with Crippen LogP contribution in [0.3, 0.4) is 0 Å². The summed E-state index contributed by atoms with van der Waals surface area (Å²) in [6.45, 7) is 4.11. The summed E-state index contributed by atoms with van der Waals surface area (Å²) >= 11 is 3.51. The second-order valence-electron chi connectivity index (χ2n) is 4.99. The molecule has 0 aliphatic heterocycles. The molecule has 0 aliphatic rings. The number of carboxylic acid groups (broad SMARTS) is 1. The van der Waals surface area contributed by atoms with Gasteiger partial charge in [-0.3, -0.25) is 9.20 Å². The predicted octanol–water partition coefficient (Wildman–Crippen LogP) is 2.83. The fraction of sp³-hybridized carbons (Fsp3) is 0.286. The molecule has 2 heterocycles. The Morgan fingerprint density at radius 3 is 2.75 bits per heavy atom. The third-order valence-corrected chi connectivity index (χ3v) is 4.60. The normalized spacial score (nSPS) is 11.6. The topological polar surface area (TPSA) is 59.5 Å². The van der Waals surface area contributed by atoms with Crippen LogP contribution >= 0.6 is 15.9 Å². The van der Waals surface area contributed by atoms with Crippen LogP contribution in [0, 0.1) is 13.8 Å². The highest BCUT2D eigenvalue weighted by Crippen LogP contribution is 2.29. The lowest BCUT2D eigenvalue weighted by Gasteiger charge is -2.02. The number of aliphatic carboxylic acids is 1. The Morgan fingerprint density at radius 1 is 1.40 bits per heavy atom. The molecule has 1 aromatic carbocycles. The molecule has 0 bridgehead atoms. The first-order valence-corrected chi connectivity index (χ1v) is 7.04. The Labute approximate surface area is 124 Å². The Bertz CT molecular complexity index is 861. The van der Waals surface area contributed by atoms with Gasteiger partial charge in [0.2, 0.25) is 5.78 Å². The molecule has 0 amide bonds. The van der Waals surface area contributed by atoms with Gasteiger partial charge < -0.3 is 9.67 Å². The Hall–Kier alpha value is -1.82. The number of carbonyl (C=O) groups is 1. The zero-order valence-electron chi connectivity index (χ0n) is 11.4. The number of aryl methyl sites for hydroxylation is 3. The minimum atomic E-state index is -0.856. The number of aromatic nitrogens is 3. The van der Waals surface area contributed by atoms with Crippen molar-refractivity contribution in [3.8, 4) is 0 Å². The van der Waals surface area contributed by atoms with Gasteiger partial charge in [-0.1, -0.05) is 6.07 Å². The lowest BCUT2D eigenvalue weighted by Crippen LogP contribution is -2.06. The summed E-state index contributed by atoms with van der Waals surface area (Å²) < 4.78 is 4.54. The largest absolute Gasteiger partial charge is 0.481 e. The first-order valence-electron chi connectivity index (χ1n) is 6.25. The zero-order chi connectivity index (χ0) is 14.6. The first kappa shape index (κ1) is 13.2. The number of fused-ring (bicyclic) bond motifs is 3. The summed E-state index contributed by atoms with van der Waals surface area (Å²) in [7, 11) is 1.84. The quantitative estimate of drug-likeness (QED) is 0.783. The van der Waals surface area contributed by atoms with Crippen LogP contribution in [0.5, 0.6) is 0 Å². The third-order valence-electron chi connectivity index (χ3n) is 3.79. The molecule has 0 fully saturated rings. The van der Waals surface area contributed by atoms with Crippen molar-refractivity contribution in [1.29, 1.82) is 0 Å². The second-order valence-corrected chi connectivity index (χ2v) is 5.74. The Balaban J connectivity index is 2.41. The number of benzene rings is 1. The molecule has 3 aromatic rings. The molecule has 104 valence electrons. The predicted molar refractivity (Wildman–Crippen MR) is 80.2 cm³/mol. The van der Waals surface area contributed by atoms with E-state index in [0.29, 0.717) is 5.69 Å². The summed E-state index contributed by atoms with van der Waals surface area (Å²) in [4.78, 5) is 15.6. The van der Waals surface area contributed by atoms with Gasteiger partial charge in [0.25, 0.3) is 0 Å². The first-order chi connectivity index (χ1) is 9.41. The fourth-order valence-electron chi connectivity index (χ4n) is 2.51. The number of carboxylic acids is 1. The Morgan fingerprint density at radius 2 is 2.10 bits per heavy atom. The van der Waals surface area contributed by atoms with E-state index in [9.17, 15) is 4.79 Å². The minimum Gasteiger partial charge on any atom is -0.481 e. The van der Waals surface area contributed by atoms with Crippen LogP contribution < -0.4 is 0 Å². The van der Waals surface area contributed by atoms with Gasteiger partial charge >= 0.3 is 5.97 Å². The molecule has 0 spiro atoms. The van der Waals surface area contributed by atoms with Gasteiger partial charge in [0.15, 0.2) is 0 Å². The minimum absolute atomic E-state index is 0.0349. The lowest BCUT2D eigenvalue weighted by atomic mass is 10.1. The SMILES string of the molecule is Cc1ccc2c(nc3n(C)c(CC(=O)O)c(Br)n23)c1C. The van der Waals surface area contributed by atoms with Gasteiger partial charge in [-0.15, -0.1) is 0 Å². The van der Waals surface area contributed by atoms with Crippen molar-refractivity contribution < 1.29 is 9.90 Å². The third kappa shape index (κ3) is 1.67. The molecule has 20 heavy (non-hydrogen) atoms. The van der Waals surface area contributed by atoms with Crippen LogP contribution in [0.2, 0.25) is 0 Å². The van der Waals surface area contributed by atoms with E-state index in [1.54, 1.807) is 0 Å². The monoisotopic (exact) mass is 335 g/mol. The second kappa shape index (κ2) is 4.34. The number of hydrogen-bond donors (Lipinski definition) is 1. The molecule has 0 unspecified atom stereocenters. The maximum absolute atomic E-state index is 11.0. The van der Waals surface area contributed by atoms with E-state index >= 15 is 0 Å². The molecule has 5 nitrogen and oxygen atoms in total. The summed E-state index contributed by atoms with van der Waals surface area (Å²) in [5, 5.41) is 9.01. The number of rotatable bonds is 2. The van der Waals surface area contributed by atoms with E-state index < -0.39 is 5.97 Å². The van der Waals surface area contributed by atoms with Crippen LogP contribution in [-0.2, 0) is 18.3 Å². The van der Waals surface area contributed by atoms with Crippen molar-refractivity contribution in [3.05, 3.63) is 33.6 Å². The van der Waals surface area contributed by atoms with E-state index in [4.69, 9.17) is 5.11 Å². The van der Waals surface area contributed by atoms with Crippen LogP contribution in [-0.4, -0.2) is 25.0 Å². The highest BCUT2D eigenvalue weighted by Gasteiger charge is 2.20. The molecule has 2 aromatic heterocycles. The molecule has 0 radical (unpaired) electrons. The molecule has 0 saturated carbocycles. The van der Waals surface area contributed by atoms with Crippen LogP contribution in [0.1, 0.15) is 16.8 Å². The van der Waals surface area contributed by atoms with Crippen molar-refractivity contribution in [2.75, 3.05) is 0 Å². The standard InChI is InChI=1S/C14H14BrN3O2/c1-7-4-5-9-12(8(7)2)16-14-17(3)10(6-11(19)20)13(15)18(9)14/h4-5H,6H2,1-3H3,(H,19,20). The van der Waals surface area contributed by atoms with Gasteiger partial charge in [-0.25, -0.2) is 4.98 Å². The van der Waals surface area contributed by atoms with E-state index in [2.05, 4.69) is 40.8 Å². The summed E-state index contributed by atoms with van der Waals surface area (Å²) in [5.41, 5.74) is 5.00. The van der Waals surface area contributed by atoms with Crippen LogP contribution in [0.15, 0.2) is 16.7 Å². The van der Waals surface area contributed by atoms with Gasteiger partial charge in [0.05, 0.1) is 23.1 Å². The smallest absolute Gasteiger partial charge is 0.309 e. The maximum atomic E-state index is 11.0. The van der Waals surface area contributed by atoms with Crippen LogP contribution in [0.25, 0.3) is 16.8 Å². The lowest BCUT2D eigenvalue weighted by molar-refractivity contribution is -0.136. The molecule has 1 N–H and O–H groups in total. The molecule has 6 heteroatoms. The molecule has 0 aliphatic carbocycles. The fourth-order valence-corrected chi connectivity index (χ4v) is 3.26. The van der Waals surface area contributed by atoms with Crippen LogP contribution in [0.4, 0.5) is 0 Å². The summed E-state index contributed by atoms with van der Waals surface area (Å²) in [6.07, 6.45) is -0.0349. The molecule has 0 atom stereocenters. The van der Waals surface area contributed by atoms with E-state index in [1.165, 1.54) is 5.56 Å². The number of halogens is 1. The van der Waals surface area contributed by atoms with Crippen molar-refractivity contribution in [1.82, 2.24) is 14.0 Å². The van der Waals surface area contributed by atoms with Gasteiger partial charge in [0.1, 0.15) is 4.60 Å². The number of hydrogen-bond acceptors (Lipinski definition) is 2. The van der Waals surface area contributed by atoms with Crippen molar-refractivity contribution in [3.63, 3.8) is 0 Å². The number of nitrogens with zero attached hydrogens (tertiary/aromatic N) is 3. The van der Waals surface area contributed by atoms with Crippen molar-refractivity contribution in [2.45, 2.75) is 20.3 Å². The highest BCUT2D eigenvalue weighted by molar-refractivity contribution is 9.10. The molecular weight excluding hydrogens is 322 g/mol.